The first-order valence-electron chi connectivity index (χ1n) is 5.76. The Morgan fingerprint density at radius 2 is 2.00 bits per heavy atom. The lowest BCUT2D eigenvalue weighted by atomic mass is 10.1. The molecule has 1 fully saturated rings. The number of piperazine rings is 1. The van der Waals surface area contributed by atoms with Crippen molar-refractivity contribution in [2.75, 3.05) is 39.3 Å². The van der Waals surface area contributed by atoms with Gasteiger partial charge in [-0.1, -0.05) is 6.92 Å². The summed E-state index contributed by atoms with van der Waals surface area (Å²) in [6, 6.07) is 2.68. The van der Waals surface area contributed by atoms with E-state index in [4.69, 9.17) is 10.4 Å². The van der Waals surface area contributed by atoms with Crippen LogP contribution in [0.25, 0.3) is 0 Å². The fraction of sp³-hybridized carbons (Fsp3) is 0.909. The highest BCUT2D eigenvalue weighted by molar-refractivity contribution is 4.84. The second-order valence-corrected chi connectivity index (χ2v) is 4.03. The van der Waals surface area contributed by atoms with E-state index >= 15 is 0 Å². The Kier molecular flexibility index (Phi) is 5.62. The van der Waals surface area contributed by atoms with E-state index in [9.17, 15) is 0 Å². The van der Waals surface area contributed by atoms with Gasteiger partial charge in [0.25, 0.3) is 0 Å². The fourth-order valence-electron chi connectivity index (χ4n) is 2.13. The molecule has 0 aromatic heterocycles. The van der Waals surface area contributed by atoms with Crippen LogP contribution in [0, 0.1) is 11.3 Å². The van der Waals surface area contributed by atoms with Gasteiger partial charge in [0.05, 0.1) is 19.1 Å². The Labute approximate surface area is 92.1 Å². The number of nitrogens with zero attached hydrogens (tertiary/aromatic N) is 3. The van der Waals surface area contributed by atoms with Crippen molar-refractivity contribution in [2.45, 2.75) is 25.8 Å². The van der Waals surface area contributed by atoms with Gasteiger partial charge < -0.3 is 5.11 Å². The molecule has 1 saturated heterocycles. The normalized spacial score (nSPS) is 21.1. The number of β-amino-alcohol motifs (C(OH)–C–C–N with tert-alkyl or cyclic N) is 1. The molecule has 15 heavy (non-hydrogen) atoms. The summed E-state index contributed by atoms with van der Waals surface area (Å²) in [5, 5.41) is 17.5. The molecule has 1 aliphatic heterocycles. The predicted octanol–water partition coefficient (Wildman–Crippen LogP) is 0.289. The lowest BCUT2D eigenvalue weighted by Crippen LogP contribution is -2.50. The molecule has 0 amide bonds. The van der Waals surface area contributed by atoms with Gasteiger partial charge in [-0.05, 0) is 6.42 Å². The minimum Gasteiger partial charge on any atom is -0.395 e. The van der Waals surface area contributed by atoms with E-state index in [1.54, 1.807) is 0 Å². The quantitative estimate of drug-likeness (QED) is 0.710. The molecule has 0 radical (unpaired) electrons. The van der Waals surface area contributed by atoms with Gasteiger partial charge in [-0.25, -0.2) is 0 Å². The van der Waals surface area contributed by atoms with Gasteiger partial charge in [0.15, 0.2) is 0 Å². The van der Waals surface area contributed by atoms with E-state index in [1.165, 1.54) is 0 Å². The average Bonchev–Trinajstić information content (AvgIpc) is 2.28. The molecule has 0 aromatic rings. The minimum absolute atomic E-state index is 0.245. The monoisotopic (exact) mass is 211 g/mol. The number of nitriles is 1. The number of hydrogen-bond acceptors (Lipinski definition) is 4. The SMILES string of the molecule is CCC(CC#N)N1CCN(CCO)CC1. The Bertz CT molecular complexity index is 206. The lowest BCUT2D eigenvalue weighted by molar-refractivity contribution is 0.0833. The van der Waals surface area contributed by atoms with Crippen LogP contribution >= 0.6 is 0 Å². The molecule has 86 valence electrons. The molecule has 0 bridgehead atoms. The first-order chi connectivity index (χ1) is 7.31. The molecule has 0 spiro atoms. The van der Waals surface area contributed by atoms with Gasteiger partial charge in [-0.3, -0.25) is 9.80 Å². The maximum Gasteiger partial charge on any atom is 0.0638 e. The highest BCUT2D eigenvalue weighted by Crippen LogP contribution is 2.11. The molecule has 0 saturated carbocycles. The summed E-state index contributed by atoms with van der Waals surface area (Å²) in [6.07, 6.45) is 1.68. The summed E-state index contributed by atoms with van der Waals surface area (Å²) in [4.78, 5) is 4.67. The smallest absolute Gasteiger partial charge is 0.0638 e. The number of rotatable bonds is 5. The van der Waals surface area contributed by atoms with Crippen molar-refractivity contribution in [3.63, 3.8) is 0 Å². The van der Waals surface area contributed by atoms with E-state index in [0.717, 1.165) is 39.1 Å². The summed E-state index contributed by atoms with van der Waals surface area (Å²) in [7, 11) is 0. The first kappa shape index (κ1) is 12.4. The predicted molar refractivity (Wildman–Crippen MR) is 59.4 cm³/mol. The molecule has 1 aliphatic rings. The number of hydrogen-bond donors (Lipinski definition) is 1. The molecule has 4 nitrogen and oxygen atoms in total. The fourth-order valence-corrected chi connectivity index (χ4v) is 2.13. The van der Waals surface area contributed by atoms with Crippen LogP contribution in [-0.4, -0.2) is 60.3 Å². The Morgan fingerprint density at radius 1 is 1.33 bits per heavy atom. The van der Waals surface area contributed by atoms with Crippen LogP contribution in [-0.2, 0) is 0 Å². The van der Waals surface area contributed by atoms with E-state index in [0.29, 0.717) is 12.5 Å². The van der Waals surface area contributed by atoms with E-state index in [1.807, 2.05) is 0 Å². The zero-order chi connectivity index (χ0) is 11.1. The maximum atomic E-state index is 8.83. The Balaban J connectivity index is 2.32. The molecule has 4 heteroatoms. The van der Waals surface area contributed by atoms with Gasteiger partial charge in [0, 0.05) is 38.8 Å². The van der Waals surface area contributed by atoms with Crippen LogP contribution in [0.2, 0.25) is 0 Å². The van der Waals surface area contributed by atoms with Gasteiger partial charge in [0.2, 0.25) is 0 Å². The summed E-state index contributed by atoms with van der Waals surface area (Å²) >= 11 is 0. The summed E-state index contributed by atoms with van der Waals surface area (Å²) in [5.41, 5.74) is 0. The van der Waals surface area contributed by atoms with Crippen molar-refractivity contribution in [2.24, 2.45) is 0 Å². The molecule has 1 atom stereocenters. The second kappa shape index (κ2) is 6.78. The van der Waals surface area contributed by atoms with Crippen molar-refractivity contribution >= 4 is 0 Å². The average molecular weight is 211 g/mol. The Hall–Kier alpha value is -0.630. The maximum absolute atomic E-state index is 8.83. The van der Waals surface area contributed by atoms with Crippen molar-refractivity contribution in [3.05, 3.63) is 0 Å². The molecule has 1 unspecified atom stereocenters. The van der Waals surface area contributed by atoms with Crippen LogP contribution < -0.4 is 0 Å². The molecule has 1 heterocycles. The van der Waals surface area contributed by atoms with Crippen molar-refractivity contribution in [1.82, 2.24) is 9.80 Å². The van der Waals surface area contributed by atoms with Crippen molar-refractivity contribution in [3.8, 4) is 6.07 Å². The topological polar surface area (TPSA) is 50.5 Å². The zero-order valence-corrected chi connectivity index (χ0v) is 9.52. The molecule has 0 aromatic carbocycles. The first-order valence-corrected chi connectivity index (χ1v) is 5.76. The minimum atomic E-state index is 0.245. The number of aliphatic hydroxyl groups excluding tert-OH is 1. The standard InChI is InChI=1S/C11H21N3O/c1-2-11(3-4-12)14-7-5-13(6-8-14)9-10-15/h11,15H,2-3,5-10H2,1H3. The third-order valence-electron chi connectivity index (χ3n) is 3.14. The molecule has 1 rings (SSSR count). The van der Waals surface area contributed by atoms with Crippen LogP contribution in [0.5, 0.6) is 0 Å². The van der Waals surface area contributed by atoms with Gasteiger partial charge in [-0.15, -0.1) is 0 Å². The van der Waals surface area contributed by atoms with Crippen LogP contribution in [0.1, 0.15) is 19.8 Å². The molecule has 0 aliphatic carbocycles. The Morgan fingerprint density at radius 3 is 2.47 bits per heavy atom. The van der Waals surface area contributed by atoms with Crippen LogP contribution in [0.4, 0.5) is 0 Å². The van der Waals surface area contributed by atoms with Gasteiger partial charge >= 0.3 is 0 Å². The number of aliphatic hydroxyl groups is 1. The van der Waals surface area contributed by atoms with E-state index in [-0.39, 0.29) is 6.61 Å². The van der Waals surface area contributed by atoms with Gasteiger partial charge in [0.1, 0.15) is 0 Å². The summed E-state index contributed by atoms with van der Waals surface area (Å²) in [5.74, 6) is 0. The summed E-state index contributed by atoms with van der Waals surface area (Å²) < 4.78 is 0. The van der Waals surface area contributed by atoms with Gasteiger partial charge in [-0.2, -0.15) is 5.26 Å². The molecular weight excluding hydrogens is 190 g/mol. The second-order valence-electron chi connectivity index (χ2n) is 4.03. The molecular formula is C11H21N3O. The third kappa shape index (κ3) is 3.78. The van der Waals surface area contributed by atoms with Crippen molar-refractivity contribution in [1.29, 1.82) is 5.26 Å². The third-order valence-corrected chi connectivity index (χ3v) is 3.14. The lowest BCUT2D eigenvalue weighted by Gasteiger charge is -2.38. The molecule has 1 N–H and O–H groups in total. The zero-order valence-electron chi connectivity index (χ0n) is 9.52. The van der Waals surface area contributed by atoms with E-state index < -0.39 is 0 Å². The van der Waals surface area contributed by atoms with Crippen molar-refractivity contribution < 1.29 is 5.11 Å². The van der Waals surface area contributed by atoms with E-state index in [2.05, 4.69) is 22.8 Å². The van der Waals surface area contributed by atoms with Crippen LogP contribution in [0.3, 0.4) is 0 Å². The largest absolute Gasteiger partial charge is 0.395 e. The summed E-state index contributed by atoms with van der Waals surface area (Å²) in [6.45, 7) is 7.26. The van der Waals surface area contributed by atoms with Crippen LogP contribution in [0.15, 0.2) is 0 Å². The highest BCUT2D eigenvalue weighted by Gasteiger charge is 2.21. The highest BCUT2D eigenvalue weighted by atomic mass is 16.3.